The Morgan fingerprint density at radius 2 is 2.11 bits per heavy atom. The fourth-order valence-electron chi connectivity index (χ4n) is 2.52. The molecule has 0 radical (unpaired) electrons. The number of aryl methyl sites for hydroxylation is 1. The summed E-state index contributed by atoms with van der Waals surface area (Å²) in [4.78, 5) is 19.6. The van der Waals surface area contributed by atoms with Crippen molar-refractivity contribution in [3.05, 3.63) is 34.8 Å². The van der Waals surface area contributed by atoms with Crippen molar-refractivity contribution >= 4 is 45.4 Å². The highest BCUT2D eigenvalue weighted by molar-refractivity contribution is 7.80. The van der Waals surface area contributed by atoms with E-state index in [2.05, 4.69) is 26.1 Å². The Bertz CT molecular complexity index is 821. The van der Waals surface area contributed by atoms with Crippen LogP contribution >= 0.6 is 23.6 Å². The lowest BCUT2D eigenvalue weighted by molar-refractivity contribution is 0.0947. The fourth-order valence-corrected chi connectivity index (χ4v) is 3.70. The van der Waals surface area contributed by atoms with Crippen LogP contribution < -0.4 is 25.8 Å². The van der Waals surface area contributed by atoms with E-state index in [1.54, 1.807) is 13.2 Å². The Morgan fingerprint density at radius 3 is 2.85 bits per heavy atom. The van der Waals surface area contributed by atoms with Crippen molar-refractivity contribution in [2.24, 2.45) is 0 Å². The lowest BCUT2D eigenvalue weighted by Gasteiger charge is -2.25. The lowest BCUT2D eigenvalue weighted by Crippen LogP contribution is -2.43. The summed E-state index contributed by atoms with van der Waals surface area (Å²) in [5.74, 6) is 0.432. The van der Waals surface area contributed by atoms with Gasteiger partial charge in [0.2, 0.25) is 0 Å². The zero-order valence-corrected chi connectivity index (χ0v) is 16.7. The van der Waals surface area contributed by atoms with Gasteiger partial charge in [-0.3, -0.25) is 15.6 Å². The van der Waals surface area contributed by atoms with E-state index in [1.165, 1.54) is 11.3 Å². The maximum absolute atomic E-state index is 12.5. The number of anilines is 2. The van der Waals surface area contributed by atoms with Gasteiger partial charge in [-0.05, 0) is 31.3 Å². The first kappa shape index (κ1) is 19.3. The summed E-state index contributed by atoms with van der Waals surface area (Å²) in [6.07, 6.45) is 0. The van der Waals surface area contributed by atoms with Crippen LogP contribution in [-0.2, 0) is 4.74 Å². The Balaban J connectivity index is 1.55. The Kier molecular flexibility index (Phi) is 6.43. The van der Waals surface area contributed by atoms with Gasteiger partial charge >= 0.3 is 0 Å². The molecule has 0 aliphatic carbocycles. The van der Waals surface area contributed by atoms with E-state index in [0.29, 0.717) is 29.5 Å². The highest BCUT2D eigenvalue weighted by Crippen LogP contribution is 2.26. The molecular weight excluding hydrogens is 386 g/mol. The number of benzene rings is 1. The topological polar surface area (TPSA) is 87.8 Å². The molecule has 1 saturated heterocycles. The first-order valence-corrected chi connectivity index (χ1v) is 9.61. The van der Waals surface area contributed by atoms with Gasteiger partial charge in [-0.15, -0.1) is 0 Å². The van der Waals surface area contributed by atoms with Crippen LogP contribution in [0.25, 0.3) is 0 Å². The molecule has 27 heavy (non-hydrogen) atoms. The molecule has 3 N–H and O–H groups in total. The number of ether oxygens (including phenoxy) is 2. The first-order valence-electron chi connectivity index (χ1n) is 8.38. The fraction of sp³-hybridized carbons (Fsp3) is 0.353. The number of amides is 1. The minimum Gasteiger partial charge on any atom is -0.497 e. The standard InChI is InChI=1S/C17H21N5O3S2/c1-11-14(27-17(18-11)22-6-8-25-9-7-22)15(23)20-21-16(26)19-12-4-3-5-13(10-12)24-2/h3-5,10H,6-9H2,1-2H3,(H,20,23)(H2,19,21,26). The molecule has 1 aliphatic rings. The van der Waals surface area contributed by atoms with Crippen LogP contribution in [0.1, 0.15) is 15.4 Å². The Hall–Kier alpha value is -2.43. The number of aromatic nitrogens is 1. The van der Waals surface area contributed by atoms with Crippen LogP contribution in [0.4, 0.5) is 10.8 Å². The van der Waals surface area contributed by atoms with Gasteiger partial charge in [-0.2, -0.15) is 0 Å². The number of morpholine rings is 1. The number of hydrogen-bond acceptors (Lipinski definition) is 7. The van der Waals surface area contributed by atoms with Crippen molar-refractivity contribution in [1.82, 2.24) is 15.8 Å². The smallest absolute Gasteiger partial charge is 0.281 e. The van der Waals surface area contributed by atoms with E-state index in [0.717, 1.165) is 23.9 Å². The van der Waals surface area contributed by atoms with Crippen molar-refractivity contribution in [1.29, 1.82) is 0 Å². The maximum Gasteiger partial charge on any atom is 0.281 e. The molecule has 0 unspecified atom stereocenters. The minimum atomic E-state index is -0.278. The van der Waals surface area contributed by atoms with Crippen LogP contribution in [0.3, 0.4) is 0 Å². The average molecular weight is 408 g/mol. The molecule has 0 spiro atoms. The number of methoxy groups -OCH3 is 1. The molecule has 1 aromatic heterocycles. The van der Waals surface area contributed by atoms with Crippen molar-refractivity contribution in [3.8, 4) is 5.75 Å². The minimum absolute atomic E-state index is 0.271. The predicted octanol–water partition coefficient (Wildman–Crippen LogP) is 1.93. The number of hydrazine groups is 1. The third-order valence-electron chi connectivity index (χ3n) is 3.89. The number of carbonyl (C=O) groups excluding carboxylic acids is 1. The Labute approximate surface area is 166 Å². The molecule has 1 aliphatic heterocycles. The summed E-state index contributed by atoms with van der Waals surface area (Å²) >= 11 is 6.57. The molecule has 2 aromatic rings. The molecule has 0 saturated carbocycles. The quantitative estimate of drug-likeness (QED) is 0.524. The van der Waals surface area contributed by atoms with Crippen LogP contribution in [0.2, 0.25) is 0 Å². The maximum atomic E-state index is 12.5. The normalized spacial score (nSPS) is 13.8. The molecule has 10 heteroatoms. The summed E-state index contributed by atoms with van der Waals surface area (Å²) < 4.78 is 10.5. The van der Waals surface area contributed by atoms with Gasteiger partial charge in [0.1, 0.15) is 10.6 Å². The summed E-state index contributed by atoms with van der Waals surface area (Å²) in [6, 6.07) is 7.33. The molecule has 1 aromatic carbocycles. The van der Waals surface area contributed by atoms with E-state index >= 15 is 0 Å². The highest BCUT2D eigenvalue weighted by Gasteiger charge is 2.20. The number of thiocarbonyl (C=S) groups is 1. The highest BCUT2D eigenvalue weighted by atomic mass is 32.1. The predicted molar refractivity (Wildman–Crippen MR) is 110 cm³/mol. The van der Waals surface area contributed by atoms with Crippen molar-refractivity contribution in [2.45, 2.75) is 6.92 Å². The van der Waals surface area contributed by atoms with Crippen molar-refractivity contribution in [3.63, 3.8) is 0 Å². The van der Waals surface area contributed by atoms with Gasteiger partial charge in [0.15, 0.2) is 10.2 Å². The third kappa shape index (κ3) is 5.06. The second-order valence-corrected chi connectivity index (χ2v) is 7.16. The summed E-state index contributed by atoms with van der Waals surface area (Å²) in [6.45, 7) is 4.72. The number of nitrogens with one attached hydrogen (secondary N) is 3. The van der Waals surface area contributed by atoms with Gasteiger partial charge in [-0.25, -0.2) is 4.98 Å². The molecule has 0 bridgehead atoms. The molecule has 8 nitrogen and oxygen atoms in total. The van der Waals surface area contributed by atoms with Gasteiger partial charge in [-0.1, -0.05) is 17.4 Å². The monoisotopic (exact) mass is 407 g/mol. The first-order chi connectivity index (χ1) is 13.1. The molecular formula is C17H21N5O3S2. The Morgan fingerprint density at radius 1 is 1.33 bits per heavy atom. The SMILES string of the molecule is COc1cccc(NC(=S)NNC(=O)c2sc(N3CCOCC3)nc2C)c1. The molecule has 144 valence electrons. The summed E-state index contributed by atoms with van der Waals surface area (Å²) in [5, 5.41) is 4.09. The zero-order chi connectivity index (χ0) is 19.2. The van der Waals surface area contributed by atoms with Gasteiger partial charge in [0, 0.05) is 24.8 Å². The second kappa shape index (κ2) is 8.98. The number of hydrogen-bond donors (Lipinski definition) is 3. The molecule has 0 atom stereocenters. The second-order valence-electron chi connectivity index (χ2n) is 5.78. The van der Waals surface area contributed by atoms with E-state index in [1.807, 2.05) is 25.1 Å². The van der Waals surface area contributed by atoms with Crippen molar-refractivity contribution < 1.29 is 14.3 Å². The van der Waals surface area contributed by atoms with Crippen molar-refractivity contribution in [2.75, 3.05) is 43.6 Å². The van der Waals surface area contributed by atoms with Gasteiger partial charge in [0.05, 0.1) is 26.0 Å². The third-order valence-corrected chi connectivity index (χ3v) is 5.31. The molecule has 1 amide bonds. The summed E-state index contributed by atoms with van der Waals surface area (Å²) in [5.41, 5.74) is 6.76. The van der Waals surface area contributed by atoms with Gasteiger partial charge < -0.3 is 19.7 Å². The number of rotatable bonds is 4. The number of nitrogens with zero attached hydrogens (tertiary/aromatic N) is 2. The molecule has 1 fully saturated rings. The number of thiazole rings is 1. The van der Waals surface area contributed by atoms with E-state index in [9.17, 15) is 4.79 Å². The molecule has 3 rings (SSSR count). The largest absolute Gasteiger partial charge is 0.497 e. The van der Waals surface area contributed by atoms with E-state index in [4.69, 9.17) is 21.7 Å². The van der Waals surface area contributed by atoms with Crippen LogP contribution in [0, 0.1) is 6.92 Å². The molecule has 2 heterocycles. The van der Waals surface area contributed by atoms with E-state index in [-0.39, 0.29) is 11.0 Å². The lowest BCUT2D eigenvalue weighted by atomic mass is 10.3. The van der Waals surface area contributed by atoms with Gasteiger partial charge in [0.25, 0.3) is 5.91 Å². The zero-order valence-electron chi connectivity index (χ0n) is 15.1. The van der Waals surface area contributed by atoms with Crippen LogP contribution in [0.5, 0.6) is 5.75 Å². The van der Waals surface area contributed by atoms with Crippen LogP contribution in [-0.4, -0.2) is 49.4 Å². The van der Waals surface area contributed by atoms with Crippen LogP contribution in [0.15, 0.2) is 24.3 Å². The summed E-state index contributed by atoms with van der Waals surface area (Å²) in [7, 11) is 1.60. The number of carbonyl (C=O) groups is 1. The van der Waals surface area contributed by atoms with E-state index < -0.39 is 0 Å². The average Bonchev–Trinajstić information content (AvgIpc) is 3.09.